The fourth-order valence-electron chi connectivity index (χ4n) is 0.707. The van der Waals surface area contributed by atoms with Crippen LogP contribution in [0.3, 0.4) is 0 Å². The number of hydrogen-bond acceptors (Lipinski definition) is 3. The van der Waals surface area contributed by atoms with E-state index >= 15 is 0 Å². The van der Waals surface area contributed by atoms with Gasteiger partial charge in [0.25, 0.3) is 0 Å². The molecule has 3 nitrogen and oxygen atoms in total. The van der Waals surface area contributed by atoms with Crippen molar-refractivity contribution < 1.29 is 49.4 Å². The van der Waals surface area contributed by atoms with Gasteiger partial charge < -0.3 is 9.47 Å². The molecule has 0 unspecified atom stereocenters. The Bertz CT molecular complexity index is 254. The van der Waals surface area contributed by atoms with Crippen LogP contribution in [0.4, 0.5) is 39.9 Å². The van der Waals surface area contributed by atoms with Gasteiger partial charge in [0, 0.05) is 0 Å². The highest BCUT2D eigenvalue weighted by Crippen LogP contribution is 2.28. The van der Waals surface area contributed by atoms with Gasteiger partial charge in [-0.25, -0.2) is 22.4 Å². The maximum absolute atomic E-state index is 12.4. The van der Waals surface area contributed by atoms with E-state index in [0.29, 0.717) is 0 Å². The van der Waals surface area contributed by atoms with Crippen molar-refractivity contribution in [2.24, 2.45) is 0 Å². The Morgan fingerprint density at radius 1 is 0.833 bits per heavy atom. The summed E-state index contributed by atoms with van der Waals surface area (Å²) in [5.74, 6) is 0. The fraction of sp³-hybridized carbons (Fsp3) is 0.857. The molecule has 108 valence electrons. The summed E-state index contributed by atoms with van der Waals surface area (Å²) in [5, 5.41) is 0. The van der Waals surface area contributed by atoms with E-state index in [1.165, 1.54) is 0 Å². The lowest BCUT2D eigenvalue weighted by molar-refractivity contribution is -0.271. The zero-order valence-electron chi connectivity index (χ0n) is 8.32. The van der Waals surface area contributed by atoms with Crippen molar-refractivity contribution in [3.8, 4) is 0 Å². The Kier molecular flexibility index (Phi) is 5.61. The first kappa shape index (κ1) is 16.7. The number of ether oxygens (including phenoxy) is 2. The molecule has 0 aliphatic rings. The molecule has 0 atom stereocenters. The van der Waals surface area contributed by atoms with Gasteiger partial charge in [-0.05, 0) is 0 Å². The van der Waals surface area contributed by atoms with Crippen molar-refractivity contribution in [2.45, 2.75) is 37.9 Å². The van der Waals surface area contributed by atoms with Crippen LogP contribution in [0.5, 0.6) is 0 Å². The lowest BCUT2D eigenvalue weighted by Crippen LogP contribution is -2.33. The van der Waals surface area contributed by atoms with Crippen molar-refractivity contribution in [3.05, 3.63) is 0 Å². The van der Waals surface area contributed by atoms with Crippen LogP contribution >= 0.6 is 0 Å². The Morgan fingerprint density at radius 3 is 1.33 bits per heavy atom. The van der Waals surface area contributed by atoms with Crippen LogP contribution in [0.25, 0.3) is 0 Å². The highest BCUT2D eigenvalue weighted by molar-refractivity contribution is 5.60. The first-order valence-electron chi connectivity index (χ1n) is 4.17. The van der Waals surface area contributed by atoms with Crippen molar-refractivity contribution in [2.75, 3.05) is 0 Å². The van der Waals surface area contributed by atoms with Crippen LogP contribution in [0.2, 0.25) is 0 Å². The van der Waals surface area contributed by atoms with Gasteiger partial charge in [-0.1, -0.05) is 0 Å². The van der Waals surface area contributed by atoms with E-state index in [1.807, 2.05) is 0 Å². The summed E-state index contributed by atoms with van der Waals surface area (Å²) in [6.45, 7) is 0. The lowest BCUT2D eigenvalue weighted by atomic mass is 10.4. The van der Waals surface area contributed by atoms with Gasteiger partial charge in [0.15, 0.2) is 0 Å². The van der Waals surface area contributed by atoms with Gasteiger partial charge in [-0.3, -0.25) is 0 Å². The average Bonchev–Trinajstić information content (AvgIpc) is 1.92. The molecular weight excluding hydrogens is 284 g/mol. The highest BCUT2D eigenvalue weighted by Gasteiger charge is 2.43. The summed E-state index contributed by atoms with van der Waals surface area (Å²) in [7, 11) is 0. The predicted octanol–water partition coefficient (Wildman–Crippen LogP) is 3.64. The summed E-state index contributed by atoms with van der Waals surface area (Å²) in [5.41, 5.74) is 0. The Balaban J connectivity index is 4.34. The van der Waals surface area contributed by atoms with Crippen molar-refractivity contribution in [3.63, 3.8) is 0 Å². The smallest absolute Gasteiger partial charge is 0.368 e. The standard InChI is InChI=1S/C7H6F8O3/c8-3(9)1-6(12,13)17-5(16)18-7(14,15)2-4(10)11/h3-4H,1-2H2. The summed E-state index contributed by atoms with van der Waals surface area (Å²) in [6, 6.07) is 0. The van der Waals surface area contributed by atoms with E-state index in [2.05, 4.69) is 9.47 Å². The number of carbonyl (C=O) groups excluding carboxylic acids is 1. The van der Waals surface area contributed by atoms with Crippen LogP contribution in [0.15, 0.2) is 0 Å². The maximum atomic E-state index is 12.4. The van der Waals surface area contributed by atoms with Gasteiger partial charge in [-0.2, -0.15) is 17.6 Å². The van der Waals surface area contributed by atoms with Crippen LogP contribution < -0.4 is 0 Å². The highest BCUT2D eigenvalue weighted by atomic mass is 19.3. The molecule has 18 heavy (non-hydrogen) atoms. The molecule has 0 N–H and O–H groups in total. The first-order chi connectivity index (χ1) is 7.93. The lowest BCUT2D eigenvalue weighted by Gasteiger charge is -2.19. The fourth-order valence-corrected chi connectivity index (χ4v) is 0.707. The monoisotopic (exact) mass is 290 g/mol. The average molecular weight is 290 g/mol. The Hall–Kier alpha value is -1.29. The van der Waals surface area contributed by atoms with Gasteiger partial charge >= 0.3 is 18.4 Å². The zero-order valence-corrected chi connectivity index (χ0v) is 8.32. The van der Waals surface area contributed by atoms with Crippen LogP contribution in [-0.2, 0) is 9.47 Å². The minimum absolute atomic E-state index is 2.23. The van der Waals surface area contributed by atoms with E-state index in [-0.39, 0.29) is 0 Å². The number of hydrogen-bond donors (Lipinski definition) is 0. The number of rotatable bonds is 6. The molecule has 0 aromatic carbocycles. The van der Waals surface area contributed by atoms with Gasteiger partial charge in [0.1, 0.15) is 12.8 Å². The molecule has 0 saturated heterocycles. The third-order valence-corrected chi connectivity index (χ3v) is 1.25. The maximum Gasteiger partial charge on any atom is 0.517 e. The predicted molar refractivity (Wildman–Crippen MR) is 38.7 cm³/mol. The van der Waals surface area contributed by atoms with E-state index in [4.69, 9.17) is 0 Å². The van der Waals surface area contributed by atoms with E-state index < -0.39 is 44.1 Å². The Morgan fingerprint density at radius 2 is 1.11 bits per heavy atom. The third kappa shape index (κ3) is 7.90. The summed E-state index contributed by atoms with van der Waals surface area (Å²) < 4.78 is 101. The largest absolute Gasteiger partial charge is 0.517 e. The molecule has 0 radical (unpaired) electrons. The molecule has 0 aromatic rings. The van der Waals surface area contributed by atoms with E-state index in [0.717, 1.165) is 0 Å². The SMILES string of the molecule is O=C(OC(F)(F)CC(F)F)OC(F)(F)CC(F)F. The normalized spacial score (nSPS) is 13.0. The second-order valence-corrected chi connectivity index (χ2v) is 2.92. The molecule has 0 amide bonds. The van der Waals surface area contributed by atoms with Crippen LogP contribution in [0, 0.1) is 0 Å². The molecule has 0 heterocycles. The third-order valence-electron chi connectivity index (χ3n) is 1.25. The molecular formula is C7H6F8O3. The van der Waals surface area contributed by atoms with Crippen LogP contribution in [0.1, 0.15) is 12.8 Å². The molecule has 0 aromatic heterocycles. The Labute approximate surface area is 94.6 Å². The number of halogens is 8. The van der Waals surface area contributed by atoms with Crippen molar-refractivity contribution in [1.82, 2.24) is 0 Å². The quantitative estimate of drug-likeness (QED) is 0.553. The minimum Gasteiger partial charge on any atom is -0.368 e. The van der Waals surface area contributed by atoms with Gasteiger partial charge in [0.05, 0.1) is 0 Å². The first-order valence-corrected chi connectivity index (χ1v) is 4.17. The van der Waals surface area contributed by atoms with E-state index in [1.54, 1.807) is 0 Å². The number of alkyl halides is 8. The van der Waals surface area contributed by atoms with Crippen molar-refractivity contribution in [1.29, 1.82) is 0 Å². The summed E-state index contributed by atoms with van der Waals surface area (Å²) in [4.78, 5) is 10.3. The molecule has 0 rings (SSSR count). The van der Waals surface area contributed by atoms with Gasteiger partial charge in [-0.15, -0.1) is 0 Å². The topological polar surface area (TPSA) is 35.5 Å². The second kappa shape index (κ2) is 6.05. The van der Waals surface area contributed by atoms with Crippen LogP contribution in [-0.4, -0.2) is 31.2 Å². The molecule has 0 spiro atoms. The second-order valence-electron chi connectivity index (χ2n) is 2.92. The molecule has 11 heteroatoms. The molecule has 0 saturated carbocycles. The zero-order chi connectivity index (χ0) is 14.6. The van der Waals surface area contributed by atoms with Crippen molar-refractivity contribution >= 4 is 6.16 Å². The molecule has 0 fully saturated rings. The molecule has 0 aliphatic carbocycles. The van der Waals surface area contributed by atoms with E-state index in [9.17, 15) is 39.9 Å². The van der Waals surface area contributed by atoms with Gasteiger partial charge in [0.2, 0.25) is 12.9 Å². The summed E-state index contributed by atoms with van der Waals surface area (Å²) in [6.07, 6.45) is -23.8. The minimum atomic E-state index is -4.74. The molecule has 0 aliphatic heterocycles. The molecule has 0 bridgehead atoms. The number of carbonyl (C=O) groups is 1. The summed E-state index contributed by atoms with van der Waals surface area (Å²) >= 11 is 0.